The molecule has 0 aromatic carbocycles. The Labute approximate surface area is 144 Å². The largest absolute Gasteiger partial charge is 0.481 e. The summed E-state index contributed by atoms with van der Waals surface area (Å²) in [6, 6.07) is 0. The molecular formula is C18H32O6. The number of aliphatic carboxylic acids is 1. The predicted octanol–water partition coefficient (Wildman–Crippen LogP) is 2.01. The molecule has 1 aliphatic heterocycles. The quantitative estimate of drug-likeness (QED) is 0.319. The molecule has 1 rings (SSSR count). The van der Waals surface area contributed by atoms with Crippen LogP contribution in [0.4, 0.5) is 0 Å². The molecule has 0 aliphatic carbocycles. The van der Waals surface area contributed by atoms with Crippen LogP contribution in [-0.4, -0.2) is 56.9 Å². The Morgan fingerprint density at radius 3 is 2.54 bits per heavy atom. The van der Waals surface area contributed by atoms with Crippen LogP contribution in [0.5, 0.6) is 0 Å². The van der Waals surface area contributed by atoms with Crippen LogP contribution in [0.1, 0.15) is 64.7 Å². The monoisotopic (exact) mass is 344 g/mol. The average molecular weight is 344 g/mol. The number of aliphatic hydroxyl groups excluding tert-OH is 3. The summed E-state index contributed by atoms with van der Waals surface area (Å²) < 4.78 is 5.69. The van der Waals surface area contributed by atoms with E-state index in [1.807, 2.05) is 6.92 Å². The Morgan fingerprint density at radius 2 is 1.88 bits per heavy atom. The Morgan fingerprint density at radius 1 is 1.21 bits per heavy atom. The van der Waals surface area contributed by atoms with Gasteiger partial charge in [-0.05, 0) is 19.3 Å². The third kappa shape index (κ3) is 8.24. The molecule has 0 bridgehead atoms. The standard InChI is InChI=1S/C18H32O6/c1-2-13(19)10-11-16-15(21)12-17(24-16)14(20)8-6-4-3-5-7-9-18(22)23/h10-11,13-17,19-21H,2-9,12H2,1H3,(H,22,23)/b11-10+/t13-,14-,15-,16-,17-/m1/s1. The Hall–Kier alpha value is -0.950. The molecule has 140 valence electrons. The molecule has 24 heavy (non-hydrogen) atoms. The molecule has 1 saturated heterocycles. The van der Waals surface area contributed by atoms with Crippen LogP contribution in [0.15, 0.2) is 12.2 Å². The van der Waals surface area contributed by atoms with Crippen molar-refractivity contribution < 1.29 is 30.0 Å². The highest BCUT2D eigenvalue weighted by molar-refractivity contribution is 5.66. The summed E-state index contributed by atoms with van der Waals surface area (Å²) in [5, 5.41) is 38.2. The number of carbonyl (C=O) groups is 1. The minimum Gasteiger partial charge on any atom is -0.481 e. The number of rotatable bonds is 12. The van der Waals surface area contributed by atoms with Crippen molar-refractivity contribution in [3.05, 3.63) is 12.2 Å². The molecular weight excluding hydrogens is 312 g/mol. The van der Waals surface area contributed by atoms with E-state index in [4.69, 9.17) is 9.84 Å². The summed E-state index contributed by atoms with van der Waals surface area (Å²) in [5.74, 6) is -0.752. The summed E-state index contributed by atoms with van der Waals surface area (Å²) >= 11 is 0. The van der Waals surface area contributed by atoms with Crippen molar-refractivity contribution in [1.82, 2.24) is 0 Å². The molecule has 4 N–H and O–H groups in total. The molecule has 6 nitrogen and oxygen atoms in total. The number of aliphatic hydroxyl groups is 3. The molecule has 6 heteroatoms. The molecule has 0 unspecified atom stereocenters. The van der Waals surface area contributed by atoms with Gasteiger partial charge in [-0.15, -0.1) is 0 Å². The first-order chi connectivity index (χ1) is 11.4. The van der Waals surface area contributed by atoms with Crippen molar-refractivity contribution in [1.29, 1.82) is 0 Å². The lowest BCUT2D eigenvalue weighted by Crippen LogP contribution is -2.26. The van der Waals surface area contributed by atoms with Gasteiger partial charge in [-0.3, -0.25) is 4.79 Å². The number of unbranched alkanes of at least 4 members (excludes halogenated alkanes) is 4. The third-order valence-electron chi connectivity index (χ3n) is 4.45. The van der Waals surface area contributed by atoms with Gasteiger partial charge < -0.3 is 25.2 Å². The summed E-state index contributed by atoms with van der Waals surface area (Å²) in [6.07, 6.45) is 6.89. The van der Waals surface area contributed by atoms with Gasteiger partial charge in [0.15, 0.2) is 0 Å². The Balaban J connectivity index is 2.18. The molecule has 0 aromatic rings. The van der Waals surface area contributed by atoms with Crippen LogP contribution < -0.4 is 0 Å². The molecule has 0 amide bonds. The normalized spacial score (nSPS) is 26.8. The van der Waals surface area contributed by atoms with E-state index >= 15 is 0 Å². The molecule has 1 fully saturated rings. The molecule has 1 heterocycles. The van der Waals surface area contributed by atoms with E-state index in [2.05, 4.69) is 0 Å². The van der Waals surface area contributed by atoms with E-state index in [0.717, 1.165) is 25.7 Å². The topological polar surface area (TPSA) is 107 Å². The number of carboxylic acids is 1. The second kappa shape index (κ2) is 11.6. The first kappa shape index (κ1) is 21.1. The lowest BCUT2D eigenvalue weighted by Gasteiger charge is -2.18. The second-order valence-corrected chi connectivity index (χ2v) is 6.57. The van der Waals surface area contributed by atoms with Gasteiger partial charge in [0, 0.05) is 12.8 Å². The number of hydrogen-bond acceptors (Lipinski definition) is 5. The smallest absolute Gasteiger partial charge is 0.303 e. The van der Waals surface area contributed by atoms with E-state index in [1.54, 1.807) is 12.2 Å². The fraction of sp³-hybridized carbons (Fsp3) is 0.833. The van der Waals surface area contributed by atoms with E-state index < -0.39 is 30.4 Å². The highest BCUT2D eigenvalue weighted by Crippen LogP contribution is 2.26. The lowest BCUT2D eigenvalue weighted by molar-refractivity contribution is -0.137. The Bertz CT molecular complexity index is 384. The summed E-state index contributed by atoms with van der Waals surface area (Å²) in [4.78, 5) is 10.4. The van der Waals surface area contributed by atoms with E-state index in [0.29, 0.717) is 25.7 Å². The summed E-state index contributed by atoms with van der Waals surface area (Å²) in [6.45, 7) is 1.87. The molecule has 1 aliphatic rings. The van der Waals surface area contributed by atoms with Crippen LogP contribution in [0, 0.1) is 0 Å². The minimum atomic E-state index is -0.752. The van der Waals surface area contributed by atoms with Gasteiger partial charge in [0.1, 0.15) is 6.10 Å². The zero-order valence-corrected chi connectivity index (χ0v) is 14.5. The highest BCUT2D eigenvalue weighted by Gasteiger charge is 2.36. The van der Waals surface area contributed by atoms with Crippen LogP contribution >= 0.6 is 0 Å². The number of hydrogen-bond donors (Lipinski definition) is 4. The van der Waals surface area contributed by atoms with Gasteiger partial charge >= 0.3 is 5.97 Å². The molecule has 5 atom stereocenters. The van der Waals surface area contributed by atoms with Gasteiger partial charge in [0.25, 0.3) is 0 Å². The zero-order chi connectivity index (χ0) is 17.9. The summed E-state index contributed by atoms with van der Waals surface area (Å²) in [7, 11) is 0. The van der Waals surface area contributed by atoms with Crippen molar-refractivity contribution in [3.8, 4) is 0 Å². The van der Waals surface area contributed by atoms with Crippen LogP contribution in [0.25, 0.3) is 0 Å². The highest BCUT2D eigenvalue weighted by atomic mass is 16.5. The van der Waals surface area contributed by atoms with E-state index in [1.165, 1.54) is 0 Å². The van der Waals surface area contributed by atoms with Crippen molar-refractivity contribution >= 4 is 5.97 Å². The average Bonchev–Trinajstić information content (AvgIpc) is 2.92. The zero-order valence-electron chi connectivity index (χ0n) is 14.5. The molecule has 0 aromatic heterocycles. The van der Waals surface area contributed by atoms with Gasteiger partial charge in [0.05, 0.1) is 24.4 Å². The van der Waals surface area contributed by atoms with Gasteiger partial charge in [-0.25, -0.2) is 0 Å². The first-order valence-corrected chi connectivity index (χ1v) is 9.03. The van der Waals surface area contributed by atoms with Crippen molar-refractivity contribution in [2.45, 2.75) is 95.2 Å². The number of ether oxygens (including phenoxy) is 1. The maximum absolute atomic E-state index is 10.4. The van der Waals surface area contributed by atoms with Crippen LogP contribution in [0.2, 0.25) is 0 Å². The maximum Gasteiger partial charge on any atom is 0.303 e. The van der Waals surface area contributed by atoms with Crippen molar-refractivity contribution in [3.63, 3.8) is 0 Å². The lowest BCUT2D eigenvalue weighted by atomic mass is 10.0. The maximum atomic E-state index is 10.4. The van der Waals surface area contributed by atoms with Crippen LogP contribution in [0.3, 0.4) is 0 Å². The third-order valence-corrected chi connectivity index (χ3v) is 4.45. The number of carboxylic acid groups (broad SMARTS) is 1. The second-order valence-electron chi connectivity index (χ2n) is 6.57. The van der Waals surface area contributed by atoms with Crippen LogP contribution in [-0.2, 0) is 9.53 Å². The predicted molar refractivity (Wildman–Crippen MR) is 90.7 cm³/mol. The van der Waals surface area contributed by atoms with Crippen molar-refractivity contribution in [2.24, 2.45) is 0 Å². The SMILES string of the molecule is CC[C@@H](O)/C=C/[C@H]1O[C@@H]([C@H](O)CCCCCCCC(=O)O)C[C@H]1O. The summed E-state index contributed by atoms with van der Waals surface area (Å²) in [5.41, 5.74) is 0. The molecule has 0 radical (unpaired) electrons. The minimum absolute atomic E-state index is 0.220. The molecule has 0 saturated carbocycles. The molecule has 0 spiro atoms. The van der Waals surface area contributed by atoms with E-state index in [9.17, 15) is 20.1 Å². The Kier molecular flexibility index (Phi) is 10.2. The van der Waals surface area contributed by atoms with Gasteiger partial charge in [-0.2, -0.15) is 0 Å². The van der Waals surface area contributed by atoms with Gasteiger partial charge in [0.2, 0.25) is 0 Å². The van der Waals surface area contributed by atoms with Gasteiger partial charge in [-0.1, -0.05) is 44.8 Å². The van der Waals surface area contributed by atoms with Crippen molar-refractivity contribution in [2.75, 3.05) is 0 Å². The first-order valence-electron chi connectivity index (χ1n) is 9.03. The fourth-order valence-electron chi connectivity index (χ4n) is 2.86. The fourth-order valence-corrected chi connectivity index (χ4v) is 2.86. The van der Waals surface area contributed by atoms with E-state index in [-0.39, 0.29) is 12.5 Å².